The topological polar surface area (TPSA) is 112 Å². The van der Waals surface area contributed by atoms with E-state index in [0.29, 0.717) is 30.7 Å². The highest BCUT2D eigenvalue weighted by Gasteiger charge is 2.32. The number of hydrogen-bond acceptors (Lipinski definition) is 9. The average Bonchev–Trinajstić information content (AvgIpc) is 3.61. The van der Waals surface area contributed by atoms with Gasteiger partial charge in [0, 0.05) is 48.2 Å². The number of ether oxygens (including phenoxy) is 1. The Morgan fingerprint density at radius 1 is 1.30 bits per heavy atom. The van der Waals surface area contributed by atoms with Crippen molar-refractivity contribution in [2.24, 2.45) is 0 Å². The van der Waals surface area contributed by atoms with Crippen LogP contribution in [0.15, 0.2) is 30.9 Å². The number of rotatable bonds is 6. The molecule has 2 atom stereocenters. The summed E-state index contributed by atoms with van der Waals surface area (Å²) >= 11 is 7.76. The highest BCUT2D eigenvalue weighted by Crippen LogP contribution is 2.45. The SMILES string of the molecule is C=CC(=O)N1CCN(c2c(C#N)c(OC[C@@H]3CCCN3C)nc3c(F)c(-c4ccc(F)c5sc(N)nc45)c(Cl)cc23)C[C@H]1C. The normalized spacial score (nSPS) is 19.1. The van der Waals surface area contributed by atoms with E-state index in [0.717, 1.165) is 30.7 Å². The molecule has 0 spiro atoms. The molecule has 2 saturated heterocycles. The van der Waals surface area contributed by atoms with Crippen molar-refractivity contribution < 1.29 is 18.3 Å². The molecule has 2 fully saturated rings. The molecule has 13 heteroatoms. The van der Waals surface area contributed by atoms with Crippen LogP contribution in [0.5, 0.6) is 5.88 Å². The Bertz CT molecular complexity index is 1860. The van der Waals surface area contributed by atoms with E-state index in [4.69, 9.17) is 22.1 Å². The predicted octanol–water partition coefficient (Wildman–Crippen LogP) is 5.59. The second-order valence-electron chi connectivity index (χ2n) is 11.1. The fourth-order valence-electron chi connectivity index (χ4n) is 6.24. The number of nitrogen functional groups attached to an aromatic ring is 1. The van der Waals surface area contributed by atoms with Crippen molar-refractivity contribution in [1.82, 2.24) is 19.8 Å². The Balaban J connectivity index is 1.55. The van der Waals surface area contributed by atoms with Gasteiger partial charge < -0.3 is 25.2 Å². The first-order valence-corrected chi connectivity index (χ1v) is 15.4. The number of carbonyl (C=O) groups excluding carboxylic acids is 1. The fourth-order valence-corrected chi connectivity index (χ4v) is 7.29. The number of amides is 1. The lowest BCUT2D eigenvalue weighted by Gasteiger charge is -2.41. The van der Waals surface area contributed by atoms with Gasteiger partial charge in [-0.2, -0.15) is 5.26 Å². The van der Waals surface area contributed by atoms with Gasteiger partial charge in [0.25, 0.3) is 0 Å². The molecular formula is C31H30ClF2N7O2S. The van der Waals surface area contributed by atoms with E-state index in [-0.39, 0.29) is 73.1 Å². The number of fused-ring (bicyclic) bond motifs is 2. The molecule has 228 valence electrons. The minimum atomic E-state index is -0.755. The summed E-state index contributed by atoms with van der Waals surface area (Å²) in [5.41, 5.74) is 6.88. The highest BCUT2D eigenvalue weighted by atomic mass is 35.5. The molecule has 2 N–H and O–H groups in total. The number of hydrogen-bond donors (Lipinski definition) is 1. The number of thiazole rings is 1. The van der Waals surface area contributed by atoms with E-state index in [2.05, 4.69) is 27.5 Å². The van der Waals surface area contributed by atoms with E-state index in [1.54, 1.807) is 11.0 Å². The summed E-state index contributed by atoms with van der Waals surface area (Å²) in [6.07, 6.45) is 3.24. The van der Waals surface area contributed by atoms with E-state index >= 15 is 4.39 Å². The molecule has 0 unspecified atom stereocenters. The second kappa shape index (κ2) is 11.8. The van der Waals surface area contributed by atoms with Crippen LogP contribution in [0, 0.1) is 23.0 Å². The first-order valence-electron chi connectivity index (χ1n) is 14.2. The lowest BCUT2D eigenvalue weighted by atomic mass is 9.98. The second-order valence-corrected chi connectivity index (χ2v) is 12.6. The molecule has 6 rings (SSSR count). The highest BCUT2D eigenvalue weighted by molar-refractivity contribution is 7.22. The molecular weight excluding hydrogens is 608 g/mol. The van der Waals surface area contributed by atoms with Crippen molar-refractivity contribution in [3.63, 3.8) is 0 Å². The van der Waals surface area contributed by atoms with Crippen molar-refractivity contribution in [3.8, 4) is 23.1 Å². The molecule has 9 nitrogen and oxygen atoms in total. The summed E-state index contributed by atoms with van der Waals surface area (Å²) < 4.78 is 37.8. The summed E-state index contributed by atoms with van der Waals surface area (Å²) in [6, 6.07) is 6.38. The number of pyridine rings is 1. The maximum atomic E-state index is 16.8. The minimum absolute atomic E-state index is 0.00568. The standard InChI is InChI=1S/C31H30ClF2N7O2S/c1-4-23(42)41-11-10-40(14-16(41)2)28-19-12-21(32)24(18-7-8-22(33)29-27(18)38-31(36)44-29)25(34)26(19)37-30(20(28)13-35)43-15-17-6-5-9-39(17)3/h4,7-8,12,16-17H,1,5-6,9-11,14-15H2,2-3H3,(H2,36,38)/t16-,17+/m1/s1. The van der Waals surface area contributed by atoms with Gasteiger partial charge in [0.2, 0.25) is 11.8 Å². The van der Waals surface area contributed by atoms with Crippen LogP contribution in [0.2, 0.25) is 5.02 Å². The van der Waals surface area contributed by atoms with Gasteiger partial charge in [-0.15, -0.1) is 0 Å². The van der Waals surface area contributed by atoms with Gasteiger partial charge >= 0.3 is 0 Å². The number of piperazine rings is 1. The third-order valence-electron chi connectivity index (χ3n) is 8.49. The van der Waals surface area contributed by atoms with Crippen molar-refractivity contribution in [2.45, 2.75) is 31.8 Å². The molecule has 4 heterocycles. The van der Waals surface area contributed by atoms with Gasteiger partial charge in [-0.25, -0.2) is 18.7 Å². The largest absolute Gasteiger partial charge is 0.475 e. The van der Waals surface area contributed by atoms with Crippen molar-refractivity contribution >= 4 is 60.8 Å². The van der Waals surface area contributed by atoms with Gasteiger partial charge in [-0.05, 0) is 57.6 Å². The van der Waals surface area contributed by atoms with Gasteiger partial charge in [-0.3, -0.25) is 4.79 Å². The Hall–Kier alpha value is -4.05. The number of benzene rings is 2. The maximum Gasteiger partial charge on any atom is 0.246 e. The van der Waals surface area contributed by atoms with E-state index in [9.17, 15) is 14.4 Å². The Labute approximate surface area is 262 Å². The first kappa shape index (κ1) is 30.0. The lowest BCUT2D eigenvalue weighted by Crippen LogP contribution is -2.54. The number of aromatic nitrogens is 2. The number of nitrogens with two attached hydrogens (primary N) is 1. The number of nitriles is 1. The molecule has 44 heavy (non-hydrogen) atoms. The Kier molecular flexibility index (Phi) is 8.04. The number of likely N-dealkylation sites (tertiary alicyclic amines) is 1. The van der Waals surface area contributed by atoms with Crippen LogP contribution in [0.4, 0.5) is 19.6 Å². The summed E-state index contributed by atoms with van der Waals surface area (Å²) in [5.74, 6) is -1.45. The van der Waals surface area contributed by atoms with Crippen LogP contribution < -0.4 is 15.4 Å². The third kappa shape index (κ3) is 5.08. The van der Waals surface area contributed by atoms with Crippen LogP contribution in [-0.2, 0) is 4.79 Å². The molecule has 2 aliphatic heterocycles. The summed E-state index contributed by atoms with van der Waals surface area (Å²) in [5, 5.41) is 10.9. The number of likely N-dealkylation sites (N-methyl/N-ethyl adjacent to an activating group) is 1. The Morgan fingerprint density at radius 2 is 2.09 bits per heavy atom. The molecule has 2 aliphatic rings. The molecule has 0 bridgehead atoms. The van der Waals surface area contributed by atoms with Crippen LogP contribution in [0.25, 0.3) is 32.2 Å². The fraction of sp³-hybridized carbons (Fsp3) is 0.355. The zero-order valence-electron chi connectivity index (χ0n) is 24.2. The lowest BCUT2D eigenvalue weighted by molar-refractivity contribution is -0.128. The quantitative estimate of drug-likeness (QED) is 0.272. The van der Waals surface area contributed by atoms with Gasteiger partial charge in [-0.1, -0.05) is 29.5 Å². The van der Waals surface area contributed by atoms with Crippen LogP contribution in [0.3, 0.4) is 0 Å². The van der Waals surface area contributed by atoms with Gasteiger partial charge in [0.1, 0.15) is 29.6 Å². The Morgan fingerprint density at radius 3 is 2.77 bits per heavy atom. The van der Waals surface area contributed by atoms with E-state index < -0.39 is 11.6 Å². The predicted molar refractivity (Wildman–Crippen MR) is 169 cm³/mol. The molecule has 2 aromatic carbocycles. The van der Waals surface area contributed by atoms with Crippen molar-refractivity contribution in [1.29, 1.82) is 5.26 Å². The van der Waals surface area contributed by atoms with Crippen molar-refractivity contribution in [2.75, 3.05) is 50.5 Å². The van der Waals surface area contributed by atoms with Crippen LogP contribution in [0.1, 0.15) is 25.3 Å². The van der Waals surface area contributed by atoms with Gasteiger partial charge in [0.05, 0.1) is 20.9 Å². The average molecular weight is 638 g/mol. The molecule has 2 aromatic heterocycles. The molecule has 0 aliphatic carbocycles. The van der Waals surface area contributed by atoms with E-state index in [1.807, 2.05) is 18.9 Å². The molecule has 4 aromatic rings. The molecule has 1 amide bonds. The number of nitrogens with zero attached hydrogens (tertiary/aromatic N) is 6. The summed E-state index contributed by atoms with van der Waals surface area (Å²) in [7, 11) is 2.01. The number of halogens is 3. The van der Waals surface area contributed by atoms with E-state index in [1.165, 1.54) is 18.2 Å². The number of carbonyl (C=O) groups is 1. The zero-order valence-corrected chi connectivity index (χ0v) is 25.8. The monoisotopic (exact) mass is 637 g/mol. The first-order chi connectivity index (χ1) is 21.1. The molecule has 0 radical (unpaired) electrons. The number of anilines is 2. The summed E-state index contributed by atoms with van der Waals surface area (Å²) in [6.45, 7) is 7.83. The smallest absolute Gasteiger partial charge is 0.246 e. The van der Waals surface area contributed by atoms with Crippen LogP contribution in [-0.4, -0.2) is 77.6 Å². The third-order valence-corrected chi connectivity index (χ3v) is 9.68. The van der Waals surface area contributed by atoms with Gasteiger partial charge in [0.15, 0.2) is 10.9 Å². The van der Waals surface area contributed by atoms with Crippen LogP contribution >= 0.6 is 22.9 Å². The molecule has 0 saturated carbocycles. The van der Waals surface area contributed by atoms with Crippen molar-refractivity contribution in [3.05, 3.63) is 53.1 Å². The zero-order chi connectivity index (χ0) is 31.3. The maximum absolute atomic E-state index is 16.8. The minimum Gasteiger partial charge on any atom is -0.475 e. The summed E-state index contributed by atoms with van der Waals surface area (Å²) in [4.78, 5) is 27.1.